The van der Waals surface area contributed by atoms with Gasteiger partial charge < -0.3 is 9.84 Å². The normalized spacial score (nSPS) is 14.1. The number of carbonyl (C=O) groups excluding carboxylic acids is 1. The molecule has 0 amide bonds. The van der Waals surface area contributed by atoms with Gasteiger partial charge in [-0.2, -0.15) is 0 Å². The number of rotatable bonds is 5. The minimum Gasteiger partial charge on any atom is -0.507 e. The Morgan fingerprint density at radius 1 is 1.37 bits per heavy atom. The first-order valence-corrected chi connectivity index (χ1v) is 6.59. The van der Waals surface area contributed by atoms with Crippen LogP contribution in [0.2, 0.25) is 0 Å². The smallest absolute Gasteiger partial charge is 0.196 e. The van der Waals surface area contributed by atoms with Gasteiger partial charge in [0.1, 0.15) is 11.5 Å². The lowest BCUT2D eigenvalue weighted by atomic mass is 9.97. The Morgan fingerprint density at radius 3 is 2.84 bits per heavy atom. The number of hydrogen-bond acceptors (Lipinski definition) is 3. The highest BCUT2D eigenvalue weighted by atomic mass is 16.5. The van der Waals surface area contributed by atoms with Gasteiger partial charge in [-0.15, -0.1) is 0 Å². The summed E-state index contributed by atoms with van der Waals surface area (Å²) in [5.41, 5.74) is 0.963. The molecule has 100 valence electrons. The molecule has 1 aliphatic rings. The number of hydrogen-bond donors (Lipinski definition) is 1. The largest absolute Gasteiger partial charge is 0.507 e. The van der Waals surface area contributed by atoms with E-state index in [2.05, 4.69) is 0 Å². The van der Waals surface area contributed by atoms with Gasteiger partial charge in [0, 0.05) is 11.6 Å². The average molecular weight is 258 g/mol. The number of allylic oxidation sites excluding steroid dienone is 4. The third kappa shape index (κ3) is 3.25. The molecule has 19 heavy (non-hydrogen) atoms. The molecule has 0 aromatic heterocycles. The maximum atomic E-state index is 12.2. The molecular weight excluding hydrogens is 240 g/mol. The van der Waals surface area contributed by atoms with Gasteiger partial charge in [-0.3, -0.25) is 4.79 Å². The van der Waals surface area contributed by atoms with Crippen molar-refractivity contribution in [2.75, 3.05) is 6.61 Å². The molecule has 0 unspecified atom stereocenters. The van der Waals surface area contributed by atoms with Crippen LogP contribution >= 0.6 is 0 Å². The number of Topliss-reactive ketones (excluding diaryl/α,β-unsaturated/α-hetero) is 1. The van der Waals surface area contributed by atoms with Gasteiger partial charge in [0.05, 0.1) is 12.2 Å². The van der Waals surface area contributed by atoms with Crippen molar-refractivity contribution in [2.45, 2.75) is 26.2 Å². The lowest BCUT2D eigenvalue weighted by molar-refractivity contribution is 0.103. The Hall–Kier alpha value is -2.03. The summed E-state index contributed by atoms with van der Waals surface area (Å²) in [4.78, 5) is 12.2. The highest BCUT2D eigenvalue weighted by molar-refractivity contribution is 6.12. The molecule has 0 aliphatic heterocycles. The van der Waals surface area contributed by atoms with Gasteiger partial charge in [0.2, 0.25) is 0 Å². The maximum Gasteiger partial charge on any atom is 0.196 e. The molecule has 1 aromatic rings. The first-order chi connectivity index (χ1) is 9.22. The third-order valence-electron chi connectivity index (χ3n) is 2.94. The summed E-state index contributed by atoms with van der Waals surface area (Å²) >= 11 is 0. The van der Waals surface area contributed by atoms with E-state index in [1.165, 1.54) is 6.07 Å². The predicted molar refractivity (Wildman–Crippen MR) is 74.7 cm³/mol. The van der Waals surface area contributed by atoms with Crippen LogP contribution in [-0.4, -0.2) is 17.5 Å². The molecule has 0 saturated carbocycles. The first kappa shape index (κ1) is 13.4. The first-order valence-electron chi connectivity index (χ1n) is 6.59. The number of carbonyl (C=O) groups is 1. The molecule has 0 saturated heterocycles. The summed E-state index contributed by atoms with van der Waals surface area (Å²) in [6.45, 7) is 2.61. The minimum absolute atomic E-state index is 0.0292. The highest BCUT2D eigenvalue weighted by Gasteiger charge is 2.15. The number of phenols is 1. The molecular formula is C16H18O3. The number of aromatic hydroxyl groups is 1. The zero-order valence-corrected chi connectivity index (χ0v) is 11.1. The Bertz CT molecular complexity index is 527. The fourth-order valence-electron chi connectivity index (χ4n) is 1.95. The molecule has 1 N–H and O–H groups in total. The summed E-state index contributed by atoms with van der Waals surface area (Å²) in [5.74, 6) is 0.415. The van der Waals surface area contributed by atoms with E-state index in [1.54, 1.807) is 12.1 Å². The van der Waals surface area contributed by atoms with Gasteiger partial charge in [-0.05, 0) is 31.4 Å². The van der Waals surface area contributed by atoms with E-state index in [4.69, 9.17) is 4.74 Å². The lowest BCUT2D eigenvalue weighted by Gasteiger charge is -2.10. The lowest BCUT2D eigenvalue weighted by Crippen LogP contribution is -2.04. The Balaban J connectivity index is 2.18. The van der Waals surface area contributed by atoms with E-state index in [0.717, 1.165) is 19.3 Å². The topological polar surface area (TPSA) is 46.5 Å². The maximum absolute atomic E-state index is 12.2. The summed E-state index contributed by atoms with van der Waals surface area (Å²) in [7, 11) is 0. The molecule has 3 nitrogen and oxygen atoms in total. The van der Waals surface area contributed by atoms with Crippen LogP contribution in [0.15, 0.2) is 42.0 Å². The molecule has 3 heteroatoms. The second kappa shape index (κ2) is 6.23. The van der Waals surface area contributed by atoms with Crippen molar-refractivity contribution < 1.29 is 14.6 Å². The standard InChI is InChI=1S/C16H18O3/c1-2-10-19-13-8-9-14(15(17)11-13)16(18)12-6-4-3-5-7-12/h4,6-9,11,17H,2-3,5,10H2,1H3. The van der Waals surface area contributed by atoms with Crippen LogP contribution in [0.5, 0.6) is 11.5 Å². The molecule has 0 fully saturated rings. The van der Waals surface area contributed by atoms with Crippen molar-refractivity contribution >= 4 is 5.78 Å². The molecule has 1 aliphatic carbocycles. The van der Waals surface area contributed by atoms with E-state index in [1.807, 2.05) is 25.2 Å². The van der Waals surface area contributed by atoms with E-state index >= 15 is 0 Å². The molecule has 0 radical (unpaired) electrons. The number of phenolic OH excluding ortho intramolecular Hbond substituents is 1. The molecule has 2 rings (SSSR count). The van der Waals surface area contributed by atoms with E-state index < -0.39 is 0 Å². The zero-order valence-electron chi connectivity index (χ0n) is 11.1. The van der Waals surface area contributed by atoms with Crippen molar-refractivity contribution in [3.8, 4) is 11.5 Å². The van der Waals surface area contributed by atoms with Crippen LogP contribution in [0.3, 0.4) is 0 Å². The molecule has 0 bridgehead atoms. The van der Waals surface area contributed by atoms with E-state index in [9.17, 15) is 9.90 Å². The third-order valence-corrected chi connectivity index (χ3v) is 2.94. The summed E-state index contributed by atoms with van der Waals surface area (Å²) < 4.78 is 5.42. The predicted octanol–water partition coefficient (Wildman–Crippen LogP) is 3.64. The average Bonchev–Trinajstić information content (AvgIpc) is 2.45. The van der Waals surface area contributed by atoms with Gasteiger partial charge in [-0.25, -0.2) is 0 Å². The fraction of sp³-hybridized carbons (Fsp3) is 0.312. The summed E-state index contributed by atoms with van der Waals surface area (Å²) in [5, 5.41) is 9.94. The number of ether oxygens (including phenoxy) is 1. The molecule has 1 aromatic carbocycles. The minimum atomic E-state index is -0.143. The number of ketones is 1. The van der Waals surface area contributed by atoms with Crippen molar-refractivity contribution in [3.63, 3.8) is 0 Å². The quantitative estimate of drug-likeness (QED) is 0.820. The van der Waals surface area contributed by atoms with E-state index in [0.29, 0.717) is 23.5 Å². The van der Waals surface area contributed by atoms with Crippen molar-refractivity contribution in [1.82, 2.24) is 0 Å². The Morgan fingerprint density at radius 2 is 2.21 bits per heavy atom. The summed E-state index contributed by atoms with van der Waals surface area (Å²) in [6, 6.07) is 4.83. The van der Waals surface area contributed by atoms with E-state index in [-0.39, 0.29) is 11.5 Å². The van der Waals surface area contributed by atoms with Gasteiger partial charge in [-0.1, -0.05) is 25.2 Å². The van der Waals surface area contributed by atoms with Gasteiger partial charge >= 0.3 is 0 Å². The van der Waals surface area contributed by atoms with Crippen molar-refractivity contribution in [2.24, 2.45) is 0 Å². The molecule has 0 heterocycles. The monoisotopic (exact) mass is 258 g/mol. The van der Waals surface area contributed by atoms with Crippen LogP contribution in [-0.2, 0) is 0 Å². The van der Waals surface area contributed by atoms with Crippen molar-refractivity contribution in [1.29, 1.82) is 0 Å². The van der Waals surface area contributed by atoms with Crippen LogP contribution in [0, 0.1) is 0 Å². The van der Waals surface area contributed by atoms with Gasteiger partial charge in [0.25, 0.3) is 0 Å². The molecule has 0 spiro atoms. The zero-order chi connectivity index (χ0) is 13.7. The highest BCUT2D eigenvalue weighted by Crippen LogP contribution is 2.27. The SMILES string of the molecule is CCCOc1ccc(C(=O)C2=CCCC=C2)c(O)c1. The second-order valence-electron chi connectivity index (χ2n) is 4.50. The second-order valence-corrected chi connectivity index (χ2v) is 4.50. The van der Waals surface area contributed by atoms with Crippen LogP contribution in [0.1, 0.15) is 36.5 Å². The Kier molecular flexibility index (Phi) is 4.39. The van der Waals surface area contributed by atoms with Crippen LogP contribution in [0.4, 0.5) is 0 Å². The number of benzene rings is 1. The van der Waals surface area contributed by atoms with Crippen molar-refractivity contribution in [3.05, 3.63) is 47.6 Å². The van der Waals surface area contributed by atoms with Crippen LogP contribution < -0.4 is 4.74 Å². The molecule has 0 atom stereocenters. The Labute approximate surface area is 113 Å². The summed E-state index contributed by atoms with van der Waals surface area (Å²) in [6.07, 6.45) is 8.43. The van der Waals surface area contributed by atoms with Crippen LogP contribution in [0.25, 0.3) is 0 Å². The fourth-order valence-corrected chi connectivity index (χ4v) is 1.95. The van der Waals surface area contributed by atoms with Gasteiger partial charge in [0.15, 0.2) is 5.78 Å².